The highest BCUT2D eigenvalue weighted by atomic mass is 19.1. The van der Waals surface area contributed by atoms with Gasteiger partial charge in [0.25, 0.3) is 0 Å². The first-order chi connectivity index (χ1) is 13.5. The number of anilines is 1. The van der Waals surface area contributed by atoms with Crippen LogP contribution in [0.15, 0.2) is 48.5 Å². The molecule has 4 nitrogen and oxygen atoms in total. The normalized spacial score (nSPS) is 15.4. The zero-order valence-electron chi connectivity index (χ0n) is 16.3. The average molecular weight is 382 g/mol. The first kappa shape index (κ1) is 20.2. The van der Waals surface area contributed by atoms with E-state index in [1.165, 1.54) is 42.7 Å². The average Bonchev–Trinajstić information content (AvgIpc) is 2.70. The minimum Gasteiger partial charge on any atom is -0.326 e. The fourth-order valence-electron chi connectivity index (χ4n) is 3.40. The van der Waals surface area contributed by atoms with Crippen LogP contribution < -0.4 is 5.32 Å². The molecule has 0 unspecified atom stereocenters. The number of benzene rings is 2. The van der Waals surface area contributed by atoms with Crippen molar-refractivity contribution in [3.05, 3.63) is 65.5 Å². The van der Waals surface area contributed by atoms with Gasteiger partial charge in [0.15, 0.2) is 5.78 Å². The Hall–Kier alpha value is -2.53. The predicted octanol–water partition coefficient (Wildman–Crippen LogP) is 4.66. The number of halogens is 1. The summed E-state index contributed by atoms with van der Waals surface area (Å²) in [5.74, 6) is 0.0749. The van der Waals surface area contributed by atoms with Crippen molar-refractivity contribution < 1.29 is 14.0 Å². The van der Waals surface area contributed by atoms with E-state index < -0.39 is 0 Å². The van der Waals surface area contributed by atoms with Gasteiger partial charge in [-0.3, -0.25) is 14.5 Å². The number of piperidine rings is 1. The van der Waals surface area contributed by atoms with E-state index in [0.717, 1.165) is 31.2 Å². The zero-order valence-corrected chi connectivity index (χ0v) is 16.3. The fourth-order valence-corrected chi connectivity index (χ4v) is 3.40. The third-order valence-electron chi connectivity index (χ3n) is 5.27. The van der Waals surface area contributed by atoms with Gasteiger partial charge in [0, 0.05) is 30.6 Å². The lowest BCUT2D eigenvalue weighted by Gasteiger charge is -2.30. The summed E-state index contributed by atoms with van der Waals surface area (Å²) in [5, 5.41) is 2.83. The fraction of sp³-hybridized carbons (Fsp3) is 0.391. The van der Waals surface area contributed by atoms with Crippen LogP contribution in [0.25, 0.3) is 0 Å². The van der Waals surface area contributed by atoms with Gasteiger partial charge in [-0.2, -0.15) is 0 Å². The predicted molar refractivity (Wildman–Crippen MR) is 109 cm³/mol. The standard InChI is InChI=1S/C23H27FN2O2/c1-17-12-14-26(15-13-17)16-18-2-8-21(9-3-18)25-23(28)11-10-22(27)19-4-6-20(24)7-5-19/h2-9,17H,10-16H2,1H3,(H,25,28). The maximum Gasteiger partial charge on any atom is 0.224 e. The third kappa shape index (κ3) is 5.99. The summed E-state index contributed by atoms with van der Waals surface area (Å²) >= 11 is 0. The van der Waals surface area contributed by atoms with E-state index in [-0.39, 0.29) is 30.3 Å². The Morgan fingerprint density at radius 1 is 1.00 bits per heavy atom. The molecule has 1 amide bonds. The van der Waals surface area contributed by atoms with E-state index in [1.54, 1.807) is 0 Å². The molecular formula is C23H27FN2O2. The molecule has 0 spiro atoms. The Kier molecular flexibility index (Phi) is 6.93. The van der Waals surface area contributed by atoms with Crippen molar-refractivity contribution in [2.24, 2.45) is 5.92 Å². The van der Waals surface area contributed by atoms with E-state index in [0.29, 0.717) is 5.56 Å². The summed E-state index contributed by atoms with van der Waals surface area (Å²) < 4.78 is 12.9. The van der Waals surface area contributed by atoms with Crippen molar-refractivity contribution in [1.82, 2.24) is 4.90 Å². The van der Waals surface area contributed by atoms with Crippen molar-refractivity contribution in [2.75, 3.05) is 18.4 Å². The molecule has 0 saturated carbocycles. The van der Waals surface area contributed by atoms with Gasteiger partial charge < -0.3 is 5.32 Å². The van der Waals surface area contributed by atoms with Crippen molar-refractivity contribution in [2.45, 2.75) is 39.2 Å². The van der Waals surface area contributed by atoms with Gasteiger partial charge in [-0.15, -0.1) is 0 Å². The van der Waals surface area contributed by atoms with E-state index in [4.69, 9.17) is 0 Å². The second kappa shape index (κ2) is 9.60. The van der Waals surface area contributed by atoms with Crippen LogP contribution in [0.3, 0.4) is 0 Å². The van der Waals surface area contributed by atoms with Crippen LogP contribution in [0.4, 0.5) is 10.1 Å². The highest BCUT2D eigenvalue weighted by molar-refractivity contribution is 5.99. The molecule has 28 heavy (non-hydrogen) atoms. The number of nitrogens with zero attached hydrogens (tertiary/aromatic N) is 1. The molecule has 2 aromatic carbocycles. The summed E-state index contributed by atoms with van der Waals surface area (Å²) in [5.41, 5.74) is 2.39. The number of carbonyl (C=O) groups is 2. The molecule has 1 fully saturated rings. The molecular weight excluding hydrogens is 355 g/mol. The second-order valence-corrected chi connectivity index (χ2v) is 7.63. The Morgan fingerprint density at radius 3 is 2.29 bits per heavy atom. The van der Waals surface area contributed by atoms with Crippen LogP contribution in [0.2, 0.25) is 0 Å². The van der Waals surface area contributed by atoms with Crippen LogP contribution in [0.5, 0.6) is 0 Å². The molecule has 1 N–H and O–H groups in total. The Morgan fingerprint density at radius 2 is 1.64 bits per heavy atom. The molecule has 1 heterocycles. The Bertz CT molecular complexity index is 794. The van der Waals surface area contributed by atoms with Crippen LogP contribution in [-0.4, -0.2) is 29.7 Å². The number of carbonyl (C=O) groups excluding carboxylic acids is 2. The van der Waals surface area contributed by atoms with Gasteiger partial charge in [0.05, 0.1) is 0 Å². The lowest BCUT2D eigenvalue weighted by atomic mass is 9.99. The van der Waals surface area contributed by atoms with Gasteiger partial charge in [0.1, 0.15) is 5.82 Å². The van der Waals surface area contributed by atoms with Gasteiger partial charge >= 0.3 is 0 Å². The zero-order chi connectivity index (χ0) is 19.9. The molecule has 148 valence electrons. The first-order valence-corrected chi connectivity index (χ1v) is 9.89. The maximum absolute atomic E-state index is 12.9. The number of nitrogens with one attached hydrogen (secondary N) is 1. The quantitative estimate of drug-likeness (QED) is 0.709. The number of hydrogen-bond acceptors (Lipinski definition) is 3. The molecule has 0 radical (unpaired) electrons. The second-order valence-electron chi connectivity index (χ2n) is 7.63. The van der Waals surface area contributed by atoms with E-state index in [2.05, 4.69) is 17.1 Å². The molecule has 1 aliphatic heterocycles. The smallest absolute Gasteiger partial charge is 0.224 e. The Balaban J connectivity index is 1.43. The van der Waals surface area contributed by atoms with Crippen LogP contribution in [0.1, 0.15) is 48.5 Å². The van der Waals surface area contributed by atoms with Gasteiger partial charge in [-0.25, -0.2) is 4.39 Å². The lowest BCUT2D eigenvalue weighted by molar-refractivity contribution is -0.116. The molecule has 0 aromatic heterocycles. The first-order valence-electron chi connectivity index (χ1n) is 9.89. The number of rotatable bonds is 7. The van der Waals surface area contributed by atoms with Crippen molar-refractivity contribution >= 4 is 17.4 Å². The van der Waals surface area contributed by atoms with E-state index >= 15 is 0 Å². The molecule has 0 aliphatic carbocycles. The minimum atomic E-state index is -0.382. The summed E-state index contributed by atoms with van der Waals surface area (Å²) in [7, 11) is 0. The Labute approximate surface area is 165 Å². The van der Waals surface area contributed by atoms with E-state index in [9.17, 15) is 14.0 Å². The van der Waals surface area contributed by atoms with Crippen molar-refractivity contribution in [3.8, 4) is 0 Å². The molecule has 3 rings (SSSR count). The third-order valence-corrected chi connectivity index (χ3v) is 5.27. The molecule has 1 aliphatic rings. The summed E-state index contributed by atoms with van der Waals surface area (Å²) in [6.45, 7) is 5.53. The summed E-state index contributed by atoms with van der Waals surface area (Å²) in [6.07, 6.45) is 2.71. The largest absolute Gasteiger partial charge is 0.326 e. The molecule has 2 aromatic rings. The summed E-state index contributed by atoms with van der Waals surface area (Å²) in [4.78, 5) is 26.6. The lowest BCUT2D eigenvalue weighted by Crippen LogP contribution is -2.32. The van der Waals surface area contributed by atoms with Gasteiger partial charge in [-0.05, 0) is 73.8 Å². The van der Waals surface area contributed by atoms with Crippen LogP contribution in [-0.2, 0) is 11.3 Å². The summed E-state index contributed by atoms with van der Waals surface area (Å²) in [6, 6.07) is 13.3. The van der Waals surface area contributed by atoms with Gasteiger partial charge in [0.2, 0.25) is 5.91 Å². The minimum absolute atomic E-state index is 0.100. The molecule has 0 atom stereocenters. The van der Waals surface area contributed by atoms with E-state index in [1.807, 2.05) is 24.3 Å². The monoisotopic (exact) mass is 382 g/mol. The topological polar surface area (TPSA) is 49.4 Å². The highest BCUT2D eigenvalue weighted by Crippen LogP contribution is 2.19. The number of ketones is 1. The molecule has 1 saturated heterocycles. The van der Waals surface area contributed by atoms with Gasteiger partial charge in [-0.1, -0.05) is 19.1 Å². The SMILES string of the molecule is CC1CCN(Cc2ccc(NC(=O)CCC(=O)c3ccc(F)cc3)cc2)CC1. The highest BCUT2D eigenvalue weighted by Gasteiger charge is 2.15. The molecule has 0 bridgehead atoms. The van der Waals surface area contributed by atoms with Crippen molar-refractivity contribution in [1.29, 1.82) is 0 Å². The number of Topliss-reactive ketones (excluding diaryl/α,β-unsaturated/α-hetero) is 1. The number of amides is 1. The van der Waals surface area contributed by atoms with Crippen LogP contribution >= 0.6 is 0 Å². The van der Waals surface area contributed by atoms with Crippen LogP contribution in [0, 0.1) is 11.7 Å². The molecule has 5 heteroatoms. The maximum atomic E-state index is 12.9. The van der Waals surface area contributed by atoms with Crippen molar-refractivity contribution in [3.63, 3.8) is 0 Å². The number of likely N-dealkylation sites (tertiary alicyclic amines) is 1. The number of hydrogen-bond donors (Lipinski definition) is 1.